The van der Waals surface area contributed by atoms with Gasteiger partial charge in [0, 0.05) is 30.6 Å². The van der Waals surface area contributed by atoms with Crippen LogP contribution in [0, 0.1) is 10.8 Å². The fraction of sp³-hybridized carbons (Fsp3) is 0.290. The Labute approximate surface area is 210 Å². The van der Waals surface area contributed by atoms with E-state index in [0.717, 1.165) is 78.7 Å². The van der Waals surface area contributed by atoms with Gasteiger partial charge < -0.3 is 16.0 Å². The Morgan fingerprint density at radius 2 is 1.49 bits per heavy atom. The zero-order chi connectivity index (χ0) is 24.9. The molecule has 3 aromatic carbocycles. The molecule has 0 fully saturated rings. The summed E-state index contributed by atoms with van der Waals surface area (Å²) in [5.41, 5.74) is 7.95. The summed E-state index contributed by atoms with van der Waals surface area (Å²) < 4.78 is 0. The summed E-state index contributed by atoms with van der Waals surface area (Å²) in [4.78, 5) is 0. The van der Waals surface area contributed by atoms with Crippen molar-refractivity contribution in [2.24, 2.45) is 0 Å². The SMILES string of the molecule is C=CC(=N)NCCCCCCNc1ccc(-c2ccc(-c3ccc(CCC)cc3)c(C=N)c2)cc1. The summed E-state index contributed by atoms with van der Waals surface area (Å²) in [6.07, 6.45) is 9.77. The number of aryl methyl sites for hydroxylation is 1. The molecule has 0 aliphatic rings. The quantitative estimate of drug-likeness (QED) is 0.112. The molecule has 0 saturated carbocycles. The number of hydrogen-bond donors (Lipinski definition) is 4. The summed E-state index contributed by atoms with van der Waals surface area (Å²) in [6, 6.07) is 23.7. The summed E-state index contributed by atoms with van der Waals surface area (Å²) in [6.45, 7) is 7.57. The summed E-state index contributed by atoms with van der Waals surface area (Å²) in [7, 11) is 0. The van der Waals surface area contributed by atoms with Crippen LogP contribution in [0.2, 0.25) is 0 Å². The van der Waals surface area contributed by atoms with E-state index in [9.17, 15) is 0 Å². The lowest BCUT2D eigenvalue weighted by molar-refractivity contribution is 0.643. The Hall–Kier alpha value is -3.66. The van der Waals surface area contributed by atoms with Gasteiger partial charge in [0.25, 0.3) is 0 Å². The van der Waals surface area contributed by atoms with Gasteiger partial charge in [0.2, 0.25) is 0 Å². The van der Waals surface area contributed by atoms with E-state index in [4.69, 9.17) is 10.8 Å². The lowest BCUT2D eigenvalue weighted by Crippen LogP contribution is -2.21. The molecular weight excluding hydrogens is 428 g/mol. The Morgan fingerprint density at radius 1 is 0.829 bits per heavy atom. The molecule has 182 valence electrons. The molecule has 3 aromatic rings. The van der Waals surface area contributed by atoms with E-state index in [-0.39, 0.29) is 0 Å². The average molecular weight is 467 g/mol. The molecule has 0 heterocycles. The van der Waals surface area contributed by atoms with Crippen LogP contribution in [-0.4, -0.2) is 25.1 Å². The van der Waals surface area contributed by atoms with Crippen LogP contribution in [0.3, 0.4) is 0 Å². The van der Waals surface area contributed by atoms with Crippen molar-refractivity contribution in [1.82, 2.24) is 5.32 Å². The van der Waals surface area contributed by atoms with Crippen molar-refractivity contribution >= 4 is 17.7 Å². The van der Waals surface area contributed by atoms with Crippen LogP contribution in [0.25, 0.3) is 22.3 Å². The molecule has 0 aromatic heterocycles. The number of anilines is 1. The van der Waals surface area contributed by atoms with E-state index >= 15 is 0 Å². The maximum absolute atomic E-state index is 7.96. The highest BCUT2D eigenvalue weighted by molar-refractivity contribution is 5.91. The molecule has 4 heteroatoms. The Balaban J connectivity index is 1.52. The Bertz CT molecular complexity index is 1100. The summed E-state index contributed by atoms with van der Waals surface area (Å²) >= 11 is 0. The molecule has 0 spiro atoms. The highest BCUT2D eigenvalue weighted by Gasteiger charge is 2.07. The molecule has 0 bridgehead atoms. The van der Waals surface area contributed by atoms with Crippen LogP contribution in [0.5, 0.6) is 0 Å². The van der Waals surface area contributed by atoms with Crippen molar-refractivity contribution < 1.29 is 0 Å². The van der Waals surface area contributed by atoms with Crippen LogP contribution in [0.15, 0.2) is 79.4 Å². The molecule has 0 aliphatic carbocycles. The lowest BCUT2D eigenvalue weighted by atomic mass is 9.94. The summed E-state index contributed by atoms with van der Waals surface area (Å²) in [5, 5.41) is 22.0. The van der Waals surface area contributed by atoms with E-state index in [1.807, 2.05) is 0 Å². The largest absolute Gasteiger partial charge is 0.385 e. The first kappa shape index (κ1) is 26.0. The molecule has 0 unspecified atom stereocenters. The number of rotatable bonds is 14. The van der Waals surface area contributed by atoms with E-state index in [1.165, 1.54) is 24.3 Å². The van der Waals surface area contributed by atoms with Crippen molar-refractivity contribution in [1.29, 1.82) is 10.8 Å². The topological polar surface area (TPSA) is 71.8 Å². The molecule has 4 nitrogen and oxygen atoms in total. The summed E-state index contributed by atoms with van der Waals surface area (Å²) in [5.74, 6) is 0.400. The second-order valence-corrected chi connectivity index (χ2v) is 8.86. The van der Waals surface area contributed by atoms with Gasteiger partial charge in [0.1, 0.15) is 5.84 Å². The number of benzene rings is 3. The molecule has 0 atom stereocenters. The second-order valence-electron chi connectivity index (χ2n) is 8.86. The minimum absolute atomic E-state index is 0.400. The van der Waals surface area contributed by atoms with Crippen LogP contribution in [0.1, 0.15) is 50.2 Å². The van der Waals surface area contributed by atoms with Crippen molar-refractivity contribution in [2.45, 2.75) is 45.4 Å². The molecule has 3 rings (SSSR count). The third-order valence-corrected chi connectivity index (χ3v) is 6.18. The first-order valence-corrected chi connectivity index (χ1v) is 12.7. The molecule has 35 heavy (non-hydrogen) atoms. The predicted molar refractivity (Wildman–Crippen MR) is 152 cm³/mol. The number of unbranched alkanes of at least 4 members (excludes halogenated alkanes) is 3. The molecule has 0 amide bonds. The predicted octanol–water partition coefficient (Wildman–Crippen LogP) is 7.70. The molecular formula is C31H38N4. The van der Waals surface area contributed by atoms with E-state index in [0.29, 0.717) is 5.84 Å². The zero-order valence-electron chi connectivity index (χ0n) is 20.9. The highest BCUT2D eigenvalue weighted by Crippen LogP contribution is 2.29. The maximum atomic E-state index is 7.96. The van der Waals surface area contributed by atoms with E-state index in [1.54, 1.807) is 0 Å². The van der Waals surface area contributed by atoms with Gasteiger partial charge in [-0.3, -0.25) is 5.41 Å². The van der Waals surface area contributed by atoms with Crippen LogP contribution in [0.4, 0.5) is 5.69 Å². The van der Waals surface area contributed by atoms with Gasteiger partial charge >= 0.3 is 0 Å². The molecule has 0 aliphatic heterocycles. The van der Waals surface area contributed by atoms with Crippen molar-refractivity contribution in [3.63, 3.8) is 0 Å². The number of amidine groups is 1. The van der Waals surface area contributed by atoms with Crippen molar-refractivity contribution in [3.8, 4) is 22.3 Å². The Kier molecular flexibility index (Phi) is 10.3. The monoisotopic (exact) mass is 466 g/mol. The number of nitrogens with one attached hydrogen (secondary N) is 4. The van der Waals surface area contributed by atoms with Crippen molar-refractivity contribution in [2.75, 3.05) is 18.4 Å². The van der Waals surface area contributed by atoms with Gasteiger partial charge in [-0.05, 0) is 71.4 Å². The van der Waals surface area contributed by atoms with E-state index < -0.39 is 0 Å². The fourth-order valence-corrected chi connectivity index (χ4v) is 4.18. The minimum Gasteiger partial charge on any atom is -0.385 e. The standard InChI is InChI=1S/C31H38N4/c1-3-9-24-10-12-26(13-11-24)30-19-16-27(22-28(30)23-32)25-14-17-29(18-15-25)34-20-7-5-6-8-21-35-31(33)4-2/h4,10-19,22-23,32,34H,2-3,5-9,20-21H2,1H3,(H2,33,35). The zero-order valence-corrected chi connectivity index (χ0v) is 20.9. The van der Waals surface area contributed by atoms with Crippen LogP contribution >= 0.6 is 0 Å². The first-order valence-electron chi connectivity index (χ1n) is 12.7. The smallest absolute Gasteiger partial charge is 0.117 e. The van der Waals surface area contributed by atoms with Crippen LogP contribution in [-0.2, 0) is 6.42 Å². The maximum Gasteiger partial charge on any atom is 0.117 e. The van der Waals surface area contributed by atoms with Gasteiger partial charge in [-0.15, -0.1) is 0 Å². The third kappa shape index (κ3) is 7.96. The van der Waals surface area contributed by atoms with Gasteiger partial charge in [-0.1, -0.05) is 81.3 Å². The minimum atomic E-state index is 0.400. The molecule has 0 saturated heterocycles. The number of hydrogen-bond acceptors (Lipinski definition) is 3. The third-order valence-electron chi connectivity index (χ3n) is 6.18. The van der Waals surface area contributed by atoms with Crippen LogP contribution < -0.4 is 10.6 Å². The molecule has 0 radical (unpaired) electrons. The first-order chi connectivity index (χ1) is 17.1. The normalized spacial score (nSPS) is 10.5. The highest BCUT2D eigenvalue weighted by atomic mass is 14.9. The lowest BCUT2D eigenvalue weighted by Gasteiger charge is -2.11. The van der Waals surface area contributed by atoms with Gasteiger partial charge in [0.05, 0.1) is 0 Å². The second kappa shape index (κ2) is 13.9. The van der Waals surface area contributed by atoms with E-state index in [2.05, 4.69) is 90.9 Å². The van der Waals surface area contributed by atoms with Gasteiger partial charge in [-0.25, -0.2) is 0 Å². The van der Waals surface area contributed by atoms with Gasteiger partial charge in [0.15, 0.2) is 0 Å². The Morgan fingerprint density at radius 3 is 2.14 bits per heavy atom. The fourth-order valence-electron chi connectivity index (χ4n) is 4.18. The van der Waals surface area contributed by atoms with Gasteiger partial charge in [-0.2, -0.15) is 0 Å². The average Bonchev–Trinajstić information content (AvgIpc) is 2.90. The van der Waals surface area contributed by atoms with Crippen molar-refractivity contribution in [3.05, 3.63) is 90.5 Å². The molecule has 4 N–H and O–H groups in total.